The molecule has 62 valence electrons. The third-order valence-electron chi connectivity index (χ3n) is 0.638. The lowest BCUT2D eigenvalue weighted by Gasteiger charge is -1.96. The van der Waals surface area contributed by atoms with Crippen LogP contribution in [-0.2, 0) is 0 Å². The number of urea groups is 1. The summed E-state index contributed by atoms with van der Waals surface area (Å²) in [6.45, 7) is 0. The highest BCUT2D eigenvalue weighted by Crippen LogP contribution is 1.96. The van der Waals surface area contributed by atoms with E-state index in [9.17, 15) is 9.59 Å². The Bertz CT molecular complexity index is 202. The Hall–Kier alpha value is -1.24. The number of nitrogens with one attached hydrogen (secondary N) is 1. The first-order chi connectivity index (χ1) is 5.06. The Morgan fingerprint density at radius 1 is 1.45 bits per heavy atom. The van der Waals surface area contributed by atoms with Gasteiger partial charge in [0.25, 0.3) is 0 Å². The normalized spacial score (nSPS) is 10.8. The summed E-state index contributed by atoms with van der Waals surface area (Å²) in [4.78, 5) is 23.9. The summed E-state index contributed by atoms with van der Waals surface area (Å²) >= 11 is 0.882. The quantitative estimate of drug-likeness (QED) is 0.339. The minimum atomic E-state index is -0.847. The molecule has 5 N–H and O–H groups in total. The lowest BCUT2D eigenvalue weighted by atomic mass is 10.9. The van der Waals surface area contributed by atoms with Gasteiger partial charge in [-0.1, -0.05) is 11.8 Å². The van der Waals surface area contributed by atoms with Crippen LogP contribution in [0.1, 0.15) is 0 Å². The second-order valence-corrected chi connectivity index (χ2v) is 2.21. The van der Waals surface area contributed by atoms with Crippen LogP contribution in [-0.4, -0.2) is 23.5 Å². The molecule has 0 rings (SSSR count). The zero-order valence-corrected chi connectivity index (χ0v) is 6.64. The third-order valence-corrected chi connectivity index (χ3v) is 1.08. The van der Waals surface area contributed by atoms with E-state index in [-0.39, 0.29) is 5.96 Å². The lowest BCUT2D eigenvalue weighted by Crippen LogP contribution is -2.40. The summed E-state index contributed by atoms with van der Waals surface area (Å²) in [5.41, 5.74) is 9.74. The molecule has 0 radical (unpaired) electrons. The van der Waals surface area contributed by atoms with E-state index in [1.165, 1.54) is 0 Å². The molecular weight excluding hydrogens is 168 g/mol. The molecule has 0 aromatic heterocycles. The van der Waals surface area contributed by atoms with E-state index < -0.39 is 11.3 Å². The Kier molecular flexibility index (Phi) is 4.04. The standard InChI is InChI=1S/C4H8N4O2S/c1-11-4(10)8-2(5)7-3(6)9/h1H3,(H5,5,6,7,8,9,10). The summed E-state index contributed by atoms with van der Waals surface area (Å²) in [5, 5.41) is 1.45. The zero-order valence-electron chi connectivity index (χ0n) is 5.83. The Balaban J connectivity index is 4.00. The Morgan fingerprint density at radius 3 is 2.36 bits per heavy atom. The van der Waals surface area contributed by atoms with Crippen molar-refractivity contribution in [3.05, 3.63) is 0 Å². The van der Waals surface area contributed by atoms with Gasteiger partial charge < -0.3 is 11.5 Å². The fourth-order valence-electron chi connectivity index (χ4n) is 0.298. The van der Waals surface area contributed by atoms with E-state index in [4.69, 9.17) is 5.73 Å². The van der Waals surface area contributed by atoms with Crippen molar-refractivity contribution in [2.24, 2.45) is 16.5 Å². The molecule has 0 aliphatic heterocycles. The van der Waals surface area contributed by atoms with E-state index in [0.29, 0.717) is 0 Å². The van der Waals surface area contributed by atoms with Gasteiger partial charge >= 0.3 is 11.3 Å². The second-order valence-electron chi connectivity index (χ2n) is 1.46. The zero-order chi connectivity index (χ0) is 8.85. The van der Waals surface area contributed by atoms with Crippen molar-refractivity contribution in [3.8, 4) is 0 Å². The summed E-state index contributed by atoms with van der Waals surface area (Å²) in [5.74, 6) is -0.295. The molecule has 0 aliphatic rings. The maximum atomic E-state index is 10.5. The molecule has 11 heavy (non-hydrogen) atoms. The van der Waals surface area contributed by atoms with Crippen molar-refractivity contribution in [2.75, 3.05) is 6.26 Å². The van der Waals surface area contributed by atoms with Gasteiger partial charge in [0.05, 0.1) is 0 Å². The average molecular weight is 176 g/mol. The van der Waals surface area contributed by atoms with Crippen molar-refractivity contribution < 1.29 is 9.59 Å². The number of hydrogen-bond acceptors (Lipinski definition) is 3. The summed E-state index contributed by atoms with van der Waals surface area (Å²) in [7, 11) is 0. The van der Waals surface area contributed by atoms with E-state index >= 15 is 0 Å². The monoisotopic (exact) mass is 176 g/mol. The topological polar surface area (TPSA) is 111 Å². The highest BCUT2D eigenvalue weighted by atomic mass is 32.2. The molecular formula is C4H8N4O2S. The van der Waals surface area contributed by atoms with Crippen LogP contribution in [0.25, 0.3) is 0 Å². The predicted molar refractivity (Wildman–Crippen MR) is 43.3 cm³/mol. The Morgan fingerprint density at radius 2 is 2.00 bits per heavy atom. The van der Waals surface area contributed by atoms with Crippen LogP contribution in [0.15, 0.2) is 4.99 Å². The number of carbonyl (C=O) groups excluding carboxylic acids is 2. The number of aliphatic imine (C=N–C) groups is 1. The van der Waals surface area contributed by atoms with Crippen molar-refractivity contribution in [1.82, 2.24) is 5.32 Å². The van der Waals surface area contributed by atoms with E-state index in [0.717, 1.165) is 11.8 Å². The Labute approximate surface area is 67.4 Å². The van der Waals surface area contributed by atoms with E-state index in [1.54, 1.807) is 6.26 Å². The molecule has 0 saturated carbocycles. The van der Waals surface area contributed by atoms with Crippen LogP contribution < -0.4 is 16.8 Å². The van der Waals surface area contributed by atoms with Crippen molar-refractivity contribution in [2.45, 2.75) is 0 Å². The van der Waals surface area contributed by atoms with Gasteiger partial charge in [0.1, 0.15) is 0 Å². The molecule has 6 nitrogen and oxygen atoms in total. The highest BCUT2D eigenvalue weighted by Gasteiger charge is 1.99. The number of rotatable bonds is 0. The molecule has 0 spiro atoms. The minimum Gasteiger partial charge on any atom is -0.369 e. The number of carbonyl (C=O) groups is 2. The molecule has 0 unspecified atom stereocenters. The van der Waals surface area contributed by atoms with Crippen LogP contribution >= 0.6 is 11.8 Å². The molecule has 0 aliphatic carbocycles. The predicted octanol–water partition coefficient (Wildman–Crippen LogP) is -0.548. The van der Waals surface area contributed by atoms with Gasteiger partial charge in [0, 0.05) is 0 Å². The molecule has 7 heteroatoms. The van der Waals surface area contributed by atoms with Crippen molar-refractivity contribution in [3.63, 3.8) is 0 Å². The minimum absolute atomic E-state index is 0.295. The largest absolute Gasteiger partial charge is 0.369 e. The van der Waals surface area contributed by atoms with Crippen LogP contribution in [0, 0.1) is 0 Å². The molecule has 0 fully saturated rings. The maximum Gasteiger partial charge on any atom is 0.318 e. The maximum absolute atomic E-state index is 10.5. The van der Waals surface area contributed by atoms with Crippen LogP contribution in [0.4, 0.5) is 9.59 Å². The van der Waals surface area contributed by atoms with Gasteiger partial charge in [-0.2, -0.15) is 4.99 Å². The number of hydrogen-bond donors (Lipinski definition) is 3. The average Bonchev–Trinajstić information content (AvgIpc) is 1.85. The molecule has 0 aromatic carbocycles. The molecule has 3 amide bonds. The van der Waals surface area contributed by atoms with Crippen LogP contribution in [0.2, 0.25) is 0 Å². The molecule has 0 heterocycles. The van der Waals surface area contributed by atoms with Gasteiger partial charge in [0.15, 0.2) is 0 Å². The summed E-state index contributed by atoms with van der Waals surface area (Å²) in [6.07, 6.45) is 1.55. The number of nitrogens with two attached hydrogens (primary N) is 2. The first kappa shape index (κ1) is 9.76. The molecule has 0 saturated heterocycles. The van der Waals surface area contributed by atoms with Gasteiger partial charge in [-0.3, -0.25) is 10.1 Å². The first-order valence-corrected chi connectivity index (χ1v) is 3.77. The van der Waals surface area contributed by atoms with Crippen molar-refractivity contribution >= 4 is 29.0 Å². The molecule has 0 bridgehead atoms. The van der Waals surface area contributed by atoms with Gasteiger partial charge in [-0.15, -0.1) is 0 Å². The highest BCUT2D eigenvalue weighted by molar-refractivity contribution is 8.13. The van der Waals surface area contributed by atoms with Crippen LogP contribution in [0.3, 0.4) is 0 Å². The van der Waals surface area contributed by atoms with E-state index in [2.05, 4.69) is 10.7 Å². The lowest BCUT2D eigenvalue weighted by molar-refractivity contribution is 0.253. The molecule has 0 atom stereocenters. The summed E-state index contributed by atoms with van der Waals surface area (Å²) in [6, 6.07) is -0.847. The summed E-state index contributed by atoms with van der Waals surface area (Å²) < 4.78 is 0. The van der Waals surface area contributed by atoms with Gasteiger partial charge in [-0.05, 0) is 6.26 Å². The second kappa shape index (κ2) is 4.56. The first-order valence-electron chi connectivity index (χ1n) is 2.55. The van der Waals surface area contributed by atoms with Gasteiger partial charge in [-0.25, -0.2) is 4.79 Å². The van der Waals surface area contributed by atoms with Crippen molar-refractivity contribution in [1.29, 1.82) is 0 Å². The van der Waals surface area contributed by atoms with E-state index in [1.807, 2.05) is 5.32 Å². The number of nitrogens with zero attached hydrogens (tertiary/aromatic N) is 1. The van der Waals surface area contributed by atoms with Crippen LogP contribution in [0.5, 0.6) is 0 Å². The smallest absolute Gasteiger partial charge is 0.318 e. The number of guanidine groups is 1. The number of primary amides is 1. The third kappa shape index (κ3) is 5.22. The fourth-order valence-corrected chi connectivity index (χ4v) is 0.488. The fraction of sp³-hybridized carbons (Fsp3) is 0.250. The number of thioether (sulfide) groups is 1. The SMILES string of the molecule is CSC(=O)/N=C(\N)NC(N)=O. The van der Waals surface area contributed by atoms with Gasteiger partial charge in [0.2, 0.25) is 5.96 Å². The number of amides is 3. The molecule has 0 aromatic rings.